The van der Waals surface area contributed by atoms with E-state index in [2.05, 4.69) is 5.32 Å². The number of nitrogens with one attached hydrogen (secondary N) is 1. The molecule has 0 bridgehead atoms. The lowest BCUT2D eigenvalue weighted by molar-refractivity contribution is -0.129. The number of hydrogen-bond donors (Lipinski definition) is 2. The average Bonchev–Trinajstić information content (AvgIpc) is 2.74. The van der Waals surface area contributed by atoms with E-state index in [1.165, 1.54) is 0 Å². The van der Waals surface area contributed by atoms with Crippen LogP contribution in [0.3, 0.4) is 0 Å². The van der Waals surface area contributed by atoms with Crippen molar-refractivity contribution in [3.05, 3.63) is 108 Å². The standard InChI is InChI=1S/C24H24N2O2/c1-24(19-13-7-3-8-14-19,20-15-9-4-10-16-20)23(28)26-21(22(25)27)17-18-11-5-2-6-12-18/h2-16,21H,17H2,1H3,(H2,25,27)(H,26,28)/t21-/m0/s1. The molecule has 0 aliphatic heterocycles. The normalized spacial score (nSPS) is 12.2. The molecular weight excluding hydrogens is 348 g/mol. The van der Waals surface area contributed by atoms with E-state index < -0.39 is 17.4 Å². The first kappa shape index (κ1) is 19.4. The Hall–Kier alpha value is -3.40. The van der Waals surface area contributed by atoms with Crippen LogP contribution in [0.4, 0.5) is 0 Å². The quantitative estimate of drug-likeness (QED) is 0.668. The van der Waals surface area contributed by atoms with E-state index in [-0.39, 0.29) is 5.91 Å². The van der Waals surface area contributed by atoms with Crippen molar-refractivity contribution < 1.29 is 9.59 Å². The van der Waals surface area contributed by atoms with Gasteiger partial charge < -0.3 is 11.1 Å². The first-order chi connectivity index (χ1) is 13.5. The van der Waals surface area contributed by atoms with Gasteiger partial charge in [-0.05, 0) is 23.6 Å². The van der Waals surface area contributed by atoms with Gasteiger partial charge in [-0.25, -0.2) is 0 Å². The average molecular weight is 372 g/mol. The van der Waals surface area contributed by atoms with Gasteiger partial charge in [-0.2, -0.15) is 0 Å². The minimum atomic E-state index is -0.951. The number of rotatable bonds is 7. The second kappa shape index (κ2) is 8.53. The van der Waals surface area contributed by atoms with Gasteiger partial charge in [-0.15, -0.1) is 0 Å². The van der Waals surface area contributed by atoms with Gasteiger partial charge in [-0.1, -0.05) is 91.0 Å². The molecule has 4 heteroatoms. The Morgan fingerprint density at radius 1 is 0.821 bits per heavy atom. The van der Waals surface area contributed by atoms with Crippen LogP contribution in [-0.2, 0) is 21.4 Å². The molecule has 0 heterocycles. The molecule has 0 aromatic heterocycles. The molecule has 4 nitrogen and oxygen atoms in total. The highest BCUT2D eigenvalue weighted by atomic mass is 16.2. The number of nitrogens with two attached hydrogens (primary N) is 1. The summed E-state index contributed by atoms with van der Waals surface area (Å²) in [6.45, 7) is 1.87. The van der Waals surface area contributed by atoms with Gasteiger partial charge in [0.1, 0.15) is 6.04 Å². The monoisotopic (exact) mass is 372 g/mol. The van der Waals surface area contributed by atoms with Gasteiger partial charge in [-0.3, -0.25) is 9.59 Å². The Kier molecular flexibility index (Phi) is 5.90. The number of benzene rings is 3. The van der Waals surface area contributed by atoms with Gasteiger partial charge in [0, 0.05) is 6.42 Å². The molecule has 0 aliphatic rings. The lowest BCUT2D eigenvalue weighted by atomic mass is 9.75. The molecule has 2 amide bonds. The summed E-state index contributed by atoms with van der Waals surface area (Å²) < 4.78 is 0. The van der Waals surface area contributed by atoms with E-state index in [0.29, 0.717) is 6.42 Å². The predicted octanol–water partition coefficient (Wildman–Crippen LogP) is 3.21. The number of carbonyl (C=O) groups excluding carboxylic acids is 2. The Bertz CT molecular complexity index is 885. The third-order valence-electron chi connectivity index (χ3n) is 5.09. The van der Waals surface area contributed by atoms with Crippen molar-refractivity contribution in [3.8, 4) is 0 Å². The fraction of sp³-hybridized carbons (Fsp3) is 0.167. The van der Waals surface area contributed by atoms with E-state index in [0.717, 1.165) is 16.7 Å². The highest BCUT2D eigenvalue weighted by molar-refractivity contribution is 5.95. The van der Waals surface area contributed by atoms with Crippen molar-refractivity contribution in [2.75, 3.05) is 0 Å². The highest BCUT2D eigenvalue weighted by Crippen LogP contribution is 2.32. The van der Waals surface area contributed by atoms with Crippen LogP contribution in [0.15, 0.2) is 91.0 Å². The molecule has 3 aromatic carbocycles. The van der Waals surface area contributed by atoms with Crippen LogP contribution in [-0.4, -0.2) is 17.9 Å². The van der Waals surface area contributed by atoms with Crippen molar-refractivity contribution in [2.45, 2.75) is 24.8 Å². The smallest absolute Gasteiger partial charge is 0.240 e. The second-order valence-corrected chi connectivity index (χ2v) is 6.98. The van der Waals surface area contributed by atoms with Crippen molar-refractivity contribution in [2.24, 2.45) is 5.73 Å². The Labute approximate surface area is 165 Å². The number of primary amides is 1. The van der Waals surface area contributed by atoms with Gasteiger partial charge >= 0.3 is 0 Å². The zero-order valence-electron chi connectivity index (χ0n) is 15.8. The molecule has 0 spiro atoms. The van der Waals surface area contributed by atoms with E-state index in [9.17, 15) is 9.59 Å². The molecule has 3 N–H and O–H groups in total. The van der Waals surface area contributed by atoms with Crippen LogP contribution in [0.5, 0.6) is 0 Å². The highest BCUT2D eigenvalue weighted by Gasteiger charge is 2.38. The molecule has 28 heavy (non-hydrogen) atoms. The summed E-state index contributed by atoms with van der Waals surface area (Å²) in [5.41, 5.74) is 7.28. The molecule has 142 valence electrons. The predicted molar refractivity (Wildman–Crippen MR) is 111 cm³/mol. The molecule has 1 atom stereocenters. The topological polar surface area (TPSA) is 72.2 Å². The Balaban J connectivity index is 1.94. The third kappa shape index (κ3) is 4.12. The molecule has 0 aliphatic carbocycles. The van der Waals surface area contributed by atoms with Crippen molar-refractivity contribution >= 4 is 11.8 Å². The molecule has 0 radical (unpaired) electrons. The maximum Gasteiger partial charge on any atom is 0.240 e. The molecular formula is C24H24N2O2. The molecule has 3 rings (SSSR count). The Morgan fingerprint density at radius 3 is 1.68 bits per heavy atom. The van der Waals surface area contributed by atoms with Crippen molar-refractivity contribution in [3.63, 3.8) is 0 Å². The maximum atomic E-state index is 13.5. The van der Waals surface area contributed by atoms with Crippen LogP contribution in [0.2, 0.25) is 0 Å². The van der Waals surface area contributed by atoms with Gasteiger partial charge in [0.2, 0.25) is 11.8 Å². The third-order valence-corrected chi connectivity index (χ3v) is 5.09. The van der Waals surface area contributed by atoms with Crippen LogP contribution in [0.25, 0.3) is 0 Å². The van der Waals surface area contributed by atoms with E-state index in [1.807, 2.05) is 97.9 Å². The van der Waals surface area contributed by atoms with Crippen molar-refractivity contribution in [1.82, 2.24) is 5.32 Å². The minimum absolute atomic E-state index is 0.260. The number of amides is 2. The summed E-state index contributed by atoms with van der Waals surface area (Å²) in [4.78, 5) is 25.5. The fourth-order valence-corrected chi connectivity index (χ4v) is 3.35. The lowest BCUT2D eigenvalue weighted by Gasteiger charge is -2.31. The van der Waals surface area contributed by atoms with Gasteiger partial charge in [0.15, 0.2) is 0 Å². The van der Waals surface area contributed by atoms with Crippen LogP contribution in [0, 0.1) is 0 Å². The summed E-state index contributed by atoms with van der Waals surface area (Å²) >= 11 is 0. The Morgan fingerprint density at radius 2 is 1.25 bits per heavy atom. The van der Waals surface area contributed by atoms with E-state index in [4.69, 9.17) is 5.73 Å². The van der Waals surface area contributed by atoms with Crippen molar-refractivity contribution in [1.29, 1.82) is 0 Å². The summed E-state index contributed by atoms with van der Waals surface area (Å²) in [5.74, 6) is -0.815. The second-order valence-electron chi connectivity index (χ2n) is 6.98. The zero-order valence-corrected chi connectivity index (χ0v) is 15.8. The number of carbonyl (C=O) groups is 2. The maximum absolute atomic E-state index is 13.5. The first-order valence-corrected chi connectivity index (χ1v) is 9.27. The van der Waals surface area contributed by atoms with Crippen LogP contribution in [0.1, 0.15) is 23.6 Å². The molecule has 0 unspecified atom stereocenters. The lowest BCUT2D eigenvalue weighted by Crippen LogP contribution is -2.52. The summed E-state index contributed by atoms with van der Waals surface area (Å²) in [6, 6.07) is 27.8. The SMILES string of the molecule is CC(C(=O)N[C@@H](Cc1ccccc1)C(N)=O)(c1ccccc1)c1ccccc1. The summed E-state index contributed by atoms with van der Waals surface area (Å²) in [6.07, 6.45) is 0.349. The summed E-state index contributed by atoms with van der Waals surface area (Å²) in [5, 5.41) is 2.89. The first-order valence-electron chi connectivity index (χ1n) is 9.27. The van der Waals surface area contributed by atoms with Gasteiger partial charge in [0.05, 0.1) is 5.41 Å². The number of hydrogen-bond acceptors (Lipinski definition) is 2. The summed E-state index contributed by atoms with van der Waals surface area (Å²) in [7, 11) is 0. The molecule has 0 saturated carbocycles. The molecule has 0 saturated heterocycles. The van der Waals surface area contributed by atoms with Crippen LogP contribution < -0.4 is 11.1 Å². The molecule has 3 aromatic rings. The van der Waals surface area contributed by atoms with E-state index >= 15 is 0 Å². The van der Waals surface area contributed by atoms with Crippen LogP contribution >= 0.6 is 0 Å². The molecule has 0 fully saturated rings. The fourth-order valence-electron chi connectivity index (χ4n) is 3.35. The van der Waals surface area contributed by atoms with Gasteiger partial charge in [0.25, 0.3) is 0 Å². The largest absolute Gasteiger partial charge is 0.368 e. The zero-order chi connectivity index (χ0) is 20.0. The van der Waals surface area contributed by atoms with E-state index in [1.54, 1.807) is 0 Å². The minimum Gasteiger partial charge on any atom is -0.368 e.